The SMILES string of the molecule is CC(NC(=O)NCCc1cnc[nH]1)(C(=O)O)C(F)(F)F. The maximum Gasteiger partial charge on any atom is 0.422 e. The van der Waals surface area contributed by atoms with Crippen LogP contribution in [0.3, 0.4) is 0 Å². The number of amides is 2. The zero-order valence-corrected chi connectivity index (χ0v) is 10.4. The van der Waals surface area contributed by atoms with Crippen molar-refractivity contribution in [2.75, 3.05) is 6.54 Å². The molecule has 20 heavy (non-hydrogen) atoms. The van der Waals surface area contributed by atoms with Gasteiger partial charge in [-0.1, -0.05) is 0 Å². The van der Waals surface area contributed by atoms with E-state index in [-0.39, 0.29) is 6.54 Å². The first-order valence-corrected chi connectivity index (χ1v) is 5.50. The highest BCUT2D eigenvalue weighted by atomic mass is 19.4. The van der Waals surface area contributed by atoms with Gasteiger partial charge in [-0.05, 0) is 6.92 Å². The summed E-state index contributed by atoms with van der Waals surface area (Å²) in [5, 5.41) is 12.2. The number of aromatic amines is 1. The number of carboxylic acids is 1. The molecule has 7 nitrogen and oxygen atoms in total. The first kappa shape index (κ1) is 15.8. The first-order chi connectivity index (χ1) is 9.17. The Balaban J connectivity index is 2.53. The molecule has 0 fully saturated rings. The molecule has 10 heteroatoms. The molecule has 0 saturated heterocycles. The van der Waals surface area contributed by atoms with Gasteiger partial charge < -0.3 is 20.7 Å². The lowest BCUT2D eigenvalue weighted by molar-refractivity contribution is -0.203. The van der Waals surface area contributed by atoms with E-state index in [1.165, 1.54) is 17.8 Å². The number of H-pyrrole nitrogens is 1. The fraction of sp³-hybridized carbons (Fsp3) is 0.500. The number of aromatic nitrogens is 2. The Kier molecular flexibility index (Phi) is 4.58. The number of carbonyl (C=O) groups is 2. The number of halogens is 3. The Labute approximate surface area is 111 Å². The second kappa shape index (κ2) is 5.80. The molecule has 0 spiro atoms. The number of rotatable bonds is 5. The van der Waals surface area contributed by atoms with E-state index in [0.29, 0.717) is 19.0 Å². The van der Waals surface area contributed by atoms with E-state index in [9.17, 15) is 22.8 Å². The largest absolute Gasteiger partial charge is 0.479 e. The van der Waals surface area contributed by atoms with Gasteiger partial charge >= 0.3 is 18.2 Å². The average Bonchev–Trinajstić information content (AvgIpc) is 2.80. The van der Waals surface area contributed by atoms with E-state index in [1.54, 1.807) is 0 Å². The molecule has 0 aliphatic heterocycles. The van der Waals surface area contributed by atoms with Crippen molar-refractivity contribution in [2.24, 2.45) is 0 Å². The van der Waals surface area contributed by atoms with Crippen molar-refractivity contribution < 1.29 is 27.9 Å². The van der Waals surface area contributed by atoms with Crippen LogP contribution < -0.4 is 10.6 Å². The number of urea groups is 1. The predicted octanol–water partition coefficient (Wildman–Crippen LogP) is 0.657. The normalized spacial score (nSPS) is 14.4. The number of imidazole rings is 1. The van der Waals surface area contributed by atoms with Crippen molar-refractivity contribution >= 4 is 12.0 Å². The summed E-state index contributed by atoms with van der Waals surface area (Å²) in [6, 6.07) is -1.22. The highest BCUT2D eigenvalue weighted by molar-refractivity contribution is 5.86. The average molecular weight is 294 g/mol. The quantitative estimate of drug-likeness (QED) is 0.639. The molecule has 4 N–H and O–H groups in total. The smallest absolute Gasteiger partial charge is 0.422 e. The van der Waals surface area contributed by atoms with Crippen LogP contribution in [0.5, 0.6) is 0 Å². The van der Waals surface area contributed by atoms with Crippen LogP contribution in [0.1, 0.15) is 12.6 Å². The number of carbonyl (C=O) groups excluding carboxylic acids is 1. The molecule has 1 heterocycles. The number of nitrogens with one attached hydrogen (secondary N) is 3. The zero-order valence-electron chi connectivity index (χ0n) is 10.4. The van der Waals surface area contributed by atoms with Crippen molar-refractivity contribution in [3.05, 3.63) is 18.2 Å². The van der Waals surface area contributed by atoms with Crippen LogP contribution in [0.25, 0.3) is 0 Å². The van der Waals surface area contributed by atoms with Crippen molar-refractivity contribution in [1.82, 2.24) is 20.6 Å². The van der Waals surface area contributed by atoms with Gasteiger partial charge in [-0.3, -0.25) is 0 Å². The van der Waals surface area contributed by atoms with Gasteiger partial charge in [0, 0.05) is 24.9 Å². The van der Waals surface area contributed by atoms with Crippen LogP contribution in [0.2, 0.25) is 0 Å². The molecule has 0 aliphatic carbocycles. The van der Waals surface area contributed by atoms with Gasteiger partial charge in [-0.2, -0.15) is 13.2 Å². The summed E-state index contributed by atoms with van der Waals surface area (Å²) < 4.78 is 37.9. The Morgan fingerprint density at radius 2 is 2.10 bits per heavy atom. The third kappa shape index (κ3) is 3.62. The van der Waals surface area contributed by atoms with Crippen molar-refractivity contribution in [3.63, 3.8) is 0 Å². The fourth-order valence-corrected chi connectivity index (χ4v) is 1.25. The highest BCUT2D eigenvalue weighted by Crippen LogP contribution is 2.30. The molecule has 1 atom stereocenters. The number of carboxylic acid groups (broad SMARTS) is 1. The van der Waals surface area contributed by atoms with Gasteiger partial charge in [0.05, 0.1) is 6.33 Å². The fourth-order valence-electron chi connectivity index (χ4n) is 1.25. The minimum absolute atomic E-state index is 0.0293. The standard InChI is InChI=1S/C10H13F3N4O3/c1-9(7(18)19,10(11,12)13)17-8(20)15-3-2-6-4-14-5-16-6/h4-5H,2-3H2,1H3,(H,14,16)(H,18,19)(H2,15,17,20). The van der Waals surface area contributed by atoms with Crippen LogP contribution in [-0.2, 0) is 11.2 Å². The Morgan fingerprint density at radius 1 is 1.45 bits per heavy atom. The van der Waals surface area contributed by atoms with Gasteiger partial charge in [0.25, 0.3) is 0 Å². The molecule has 0 saturated carbocycles. The van der Waals surface area contributed by atoms with E-state index in [4.69, 9.17) is 5.11 Å². The van der Waals surface area contributed by atoms with Crippen LogP contribution in [-0.4, -0.2) is 45.3 Å². The number of hydrogen-bond acceptors (Lipinski definition) is 3. The summed E-state index contributed by atoms with van der Waals surface area (Å²) in [5.74, 6) is -2.19. The van der Waals surface area contributed by atoms with Gasteiger partial charge in [0.1, 0.15) is 0 Å². The van der Waals surface area contributed by atoms with Gasteiger partial charge in [-0.25, -0.2) is 14.6 Å². The monoisotopic (exact) mass is 294 g/mol. The van der Waals surface area contributed by atoms with E-state index < -0.39 is 23.7 Å². The van der Waals surface area contributed by atoms with E-state index in [1.807, 2.05) is 0 Å². The minimum Gasteiger partial charge on any atom is -0.479 e. The molecule has 0 aromatic carbocycles. The highest BCUT2D eigenvalue weighted by Gasteiger charge is 2.58. The molecule has 0 radical (unpaired) electrons. The lowest BCUT2D eigenvalue weighted by atomic mass is 10.0. The van der Waals surface area contributed by atoms with Gasteiger partial charge in [-0.15, -0.1) is 0 Å². The zero-order chi connectivity index (χ0) is 15.4. The summed E-state index contributed by atoms with van der Waals surface area (Å²) in [6.07, 6.45) is -1.88. The van der Waals surface area contributed by atoms with Crippen LogP contribution >= 0.6 is 0 Å². The van der Waals surface area contributed by atoms with Gasteiger partial charge in [0.15, 0.2) is 0 Å². The third-order valence-corrected chi connectivity index (χ3v) is 2.59. The lowest BCUT2D eigenvalue weighted by Gasteiger charge is -2.28. The molecular weight excluding hydrogens is 281 g/mol. The summed E-state index contributed by atoms with van der Waals surface area (Å²) in [6.45, 7) is 0.408. The maximum atomic E-state index is 12.6. The Hall–Kier alpha value is -2.26. The van der Waals surface area contributed by atoms with E-state index in [0.717, 1.165) is 0 Å². The second-order valence-corrected chi connectivity index (χ2v) is 4.14. The second-order valence-electron chi connectivity index (χ2n) is 4.14. The lowest BCUT2D eigenvalue weighted by Crippen LogP contribution is -2.63. The molecule has 2 amide bonds. The maximum absolute atomic E-state index is 12.6. The van der Waals surface area contributed by atoms with E-state index in [2.05, 4.69) is 15.3 Å². The summed E-state index contributed by atoms with van der Waals surface area (Å²) >= 11 is 0. The minimum atomic E-state index is -5.11. The van der Waals surface area contributed by atoms with Crippen molar-refractivity contribution in [3.8, 4) is 0 Å². The van der Waals surface area contributed by atoms with Crippen LogP contribution in [0.15, 0.2) is 12.5 Å². The van der Waals surface area contributed by atoms with Crippen LogP contribution in [0, 0.1) is 0 Å². The molecule has 0 bridgehead atoms. The molecule has 1 rings (SSSR count). The molecule has 1 aromatic rings. The molecular formula is C10H13F3N4O3. The topological polar surface area (TPSA) is 107 Å². The van der Waals surface area contributed by atoms with Crippen LogP contribution in [0.4, 0.5) is 18.0 Å². The number of alkyl halides is 3. The number of nitrogens with zero attached hydrogens (tertiary/aromatic N) is 1. The molecule has 1 aromatic heterocycles. The summed E-state index contributed by atoms with van der Waals surface area (Å²) in [5.41, 5.74) is -2.66. The van der Waals surface area contributed by atoms with Crippen molar-refractivity contribution in [2.45, 2.75) is 25.1 Å². The number of aliphatic carboxylic acids is 1. The first-order valence-electron chi connectivity index (χ1n) is 5.50. The molecule has 0 aliphatic rings. The Bertz CT molecular complexity index is 475. The molecule has 112 valence electrons. The Morgan fingerprint density at radius 3 is 2.55 bits per heavy atom. The summed E-state index contributed by atoms with van der Waals surface area (Å²) in [4.78, 5) is 28.5. The predicted molar refractivity (Wildman–Crippen MR) is 60.9 cm³/mol. The van der Waals surface area contributed by atoms with E-state index >= 15 is 0 Å². The summed E-state index contributed by atoms with van der Waals surface area (Å²) in [7, 11) is 0. The van der Waals surface area contributed by atoms with Crippen molar-refractivity contribution in [1.29, 1.82) is 0 Å². The molecule has 1 unspecified atom stereocenters. The third-order valence-electron chi connectivity index (χ3n) is 2.59. The van der Waals surface area contributed by atoms with Gasteiger partial charge in [0.2, 0.25) is 5.54 Å². The number of hydrogen-bond donors (Lipinski definition) is 4.